The zero-order valence-electron chi connectivity index (χ0n) is 6.62. The van der Waals surface area contributed by atoms with E-state index in [1.54, 1.807) is 6.07 Å². The van der Waals surface area contributed by atoms with Gasteiger partial charge in [0, 0.05) is 10.0 Å². The van der Waals surface area contributed by atoms with Crippen LogP contribution in [0.2, 0.25) is 0 Å². The van der Waals surface area contributed by atoms with Gasteiger partial charge in [-0.1, -0.05) is 22.5 Å². The van der Waals surface area contributed by atoms with Crippen LogP contribution in [-0.2, 0) is 4.79 Å². The molecule has 0 unspecified atom stereocenters. The topological polar surface area (TPSA) is 57.5 Å². The van der Waals surface area contributed by atoms with E-state index in [4.69, 9.17) is 5.11 Å². The summed E-state index contributed by atoms with van der Waals surface area (Å²) < 4.78 is 0.687. The number of phenolic OH excluding ortho intramolecular Hbond substituents is 1. The van der Waals surface area contributed by atoms with E-state index in [9.17, 15) is 9.90 Å². The summed E-state index contributed by atoms with van der Waals surface area (Å²) in [7, 11) is 0. The first-order valence-electron chi connectivity index (χ1n) is 3.43. The summed E-state index contributed by atoms with van der Waals surface area (Å²) in [4.78, 5) is 10.5. The molecule has 0 spiro atoms. The van der Waals surface area contributed by atoms with Gasteiger partial charge in [-0.2, -0.15) is 0 Å². The normalized spacial score (nSPS) is 9.62. The van der Waals surface area contributed by atoms with E-state index < -0.39 is 5.97 Å². The third-order valence-electron chi connectivity index (χ3n) is 1.54. The Kier molecular flexibility index (Phi) is 2.72. The molecule has 1 aromatic carbocycles. The number of carboxylic acids is 1. The number of aromatic hydroxyl groups is 1. The number of aliphatic carboxylic acids is 1. The average molecular weight is 243 g/mol. The van der Waals surface area contributed by atoms with Gasteiger partial charge in [-0.15, -0.1) is 0 Å². The summed E-state index contributed by atoms with van der Waals surface area (Å²) in [5.41, 5.74) is 0.112. The van der Waals surface area contributed by atoms with Crippen molar-refractivity contribution in [1.82, 2.24) is 0 Å². The minimum atomic E-state index is -1.14. The number of carbonyl (C=O) groups is 1. The molecule has 0 heterocycles. The van der Waals surface area contributed by atoms with Gasteiger partial charge >= 0.3 is 5.97 Å². The molecule has 0 atom stereocenters. The van der Waals surface area contributed by atoms with Crippen molar-refractivity contribution in [2.24, 2.45) is 0 Å². The molecule has 0 saturated heterocycles. The lowest BCUT2D eigenvalue weighted by atomic mass is 10.1. The van der Waals surface area contributed by atoms with Crippen LogP contribution < -0.4 is 0 Å². The maximum absolute atomic E-state index is 10.5. The zero-order chi connectivity index (χ0) is 10.0. The van der Waals surface area contributed by atoms with E-state index in [0.29, 0.717) is 4.47 Å². The molecule has 0 amide bonds. The molecule has 1 rings (SSSR count). The Morgan fingerprint density at radius 2 is 2.08 bits per heavy atom. The number of rotatable bonds is 2. The molecule has 0 aliphatic heterocycles. The third-order valence-corrected chi connectivity index (χ3v) is 2.04. The van der Waals surface area contributed by atoms with Crippen molar-refractivity contribution in [1.29, 1.82) is 0 Å². The molecular formula is C9H7BrO3. The lowest BCUT2D eigenvalue weighted by Gasteiger charge is -2.03. The van der Waals surface area contributed by atoms with E-state index in [1.165, 1.54) is 12.1 Å². The Hall–Kier alpha value is -1.29. The number of carboxylic acid groups (broad SMARTS) is 1. The molecule has 0 saturated carbocycles. The van der Waals surface area contributed by atoms with Crippen LogP contribution in [-0.4, -0.2) is 16.2 Å². The molecule has 13 heavy (non-hydrogen) atoms. The van der Waals surface area contributed by atoms with Crippen LogP contribution in [0.15, 0.2) is 29.3 Å². The average Bonchev–Trinajstić information content (AvgIpc) is 2.03. The van der Waals surface area contributed by atoms with Crippen molar-refractivity contribution in [3.8, 4) is 5.75 Å². The first-order chi connectivity index (χ1) is 6.02. The lowest BCUT2D eigenvalue weighted by molar-refractivity contribution is -0.130. The number of phenols is 1. The molecule has 0 radical (unpaired) electrons. The number of hydrogen-bond donors (Lipinski definition) is 2. The van der Waals surface area contributed by atoms with Gasteiger partial charge in [-0.25, -0.2) is 4.79 Å². The summed E-state index contributed by atoms with van der Waals surface area (Å²) in [6, 6.07) is 4.56. The highest BCUT2D eigenvalue weighted by Crippen LogP contribution is 2.27. The van der Waals surface area contributed by atoms with Crippen molar-refractivity contribution in [3.63, 3.8) is 0 Å². The Morgan fingerprint density at radius 3 is 2.54 bits per heavy atom. The molecule has 68 valence electrons. The molecule has 0 aromatic heterocycles. The van der Waals surface area contributed by atoms with Crippen LogP contribution in [0.4, 0.5) is 0 Å². The zero-order valence-corrected chi connectivity index (χ0v) is 8.21. The second-order valence-corrected chi connectivity index (χ2v) is 3.36. The molecule has 0 aliphatic carbocycles. The molecule has 4 heteroatoms. The maximum Gasteiger partial charge on any atom is 0.335 e. The SMILES string of the molecule is C=C(C(=O)O)c1ccc(Br)cc1O. The molecule has 0 bridgehead atoms. The van der Waals surface area contributed by atoms with Gasteiger partial charge in [0.1, 0.15) is 5.75 Å². The highest BCUT2D eigenvalue weighted by atomic mass is 79.9. The summed E-state index contributed by atoms with van der Waals surface area (Å²) in [6.07, 6.45) is 0. The van der Waals surface area contributed by atoms with Crippen molar-refractivity contribution >= 4 is 27.5 Å². The molecule has 0 aliphatic rings. The van der Waals surface area contributed by atoms with Crippen molar-refractivity contribution in [2.45, 2.75) is 0 Å². The summed E-state index contributed by atoms with van der Waals surface area (Å²) in [5.74, 6) is -1.24. The molecule has 0 fully saturated rings. The quantitative estimate of drug-likeness (QED) is 0.783. The Morgan fingerprint density at radius 1 is 1.46 bits per heavy atom. The Labute approximate surface area is 83.5 Å². The fourth-order valence-electron chi connectivity index (χ4n) is 0.875. The Bertz CT molecular complexity index is 371. The first kappa shape index (κ1) is 9.80. The molecule has 3 nitrogen and oxygen atoms in total. The largest absolute Gasteiger partial charge is 0.507 e. The van der Waals surface area contributed by atoms with E-state index in [2.05, 4.69) is 22.5 Å². The van der Waals surface area contributed by atoms with Gasteiger partial charge in [0.2, 0.25) is 0 Å². The van der Waals surface area contributed by atoms with Crippen LogP contribution in [0.1, 0.15) is 5.56 Å². The third kappa shape index (κ3) is 2.09. The van der Waals surface area contributed by atoms with Gasteiger partial charge in [0.15, 0.2) is 0 Å². The fourth-order valence-corrected chi connectivity index (χ4v) is 1.22. The standard InChI is InChI=1S/C9H7BrO3/c1-5(9(12)13)7-3-2-6(10)4-8(7)11/h2-4,11H,1H2,(H,12,13). The highest BCUT2D eigenvalue weighted by Gasteiger charge is 2.11. The van der Waals surface area contributed by atoms with E-state index >= 15 is 0 Å². The second-order valence-electron chi connectivity index (χ2n) is 2.45. The van der Waals surface area contributed by atoms with E-state index in [1.807, 2.05) is 0 Å². The van der Waals surface area contributed by atoms with E-state index in [0.717, 1.165) is 0 Å². The van der Waals surface area contributed by atoms with Crippen LogP contribution >= 0.6 is 15.9 Å². The van der Waals surface area contributed by atoms with Crippen LogP contribution in [0.5, 0.6) is 5.75 Å². The van der Waals surface area contributed by atoms with Crippen molar-refractivity contribution in [2.75, 3.05) is 0 Å². The predicted octanol–water partition coefficient (Wildman–Crippen LogP) is 2.25. The molecular weight excluding hydrogens is 236 g/mol. The second kappa shape index (κ2) is 3.62. The fraction of sp³-hybridized carbons (Fsp3) is 0. The Balaban J connectivity index is 3.16. The van der Waals surface area contributed by atoms with Gasteiger partial charge in [-0.3, -0.25) is 0 Å². The molecule has 1 aromatic rings. The lowest BCUT2D eigenvalue weighted by Crippen LogP contribution is -1.97. The minimum absolute atomic E-state index is 0.0956. The summed E-state index contributed by atoms with van der Waals surface area (Å²) >= 11 is 3.15. The van der Waals surface area contributed by atoms with Gasteiger partial charge in [0.25, 0.3) is 0 Å². The summed E-state index contributed by atoms with van der Waals surface area (Å²) in [6.45, 7) is 3.34. The van der Waals surface area contributed by atoms with Crippen molar-refractivity contribution in [3.05, 3.63) is 34.8 Å². The molecule has 2 N–H and O–H groups in total. The van der Waals surface area contributed by atoms with Crippen LogP contribution in [0.25, 0.3) is 5.57 Å². The highest BCUT2D eigenvalue weighted by molar-refractivity contribution is 9.10. The minimum Gasteiger partial charge on any atom is -0.507 e. The van der Waals surface area contributed by atoms with Crippen molar-refractivity contribution < 1.29 is 15.0 Å². The van der Waals surface area contributed by atoms with Gasteiger partial charge in [-0.05, 0) is 18.2 Å². The number of hydrogen-bond acceptors (Lipinski definition) is 2. The van der Waals surface area contributed by atoms with Gasteiger partial charge < -0.3 is 10.2 Å². The van der Waals surface area contributed by atoms with Crippen LogP contribution in [0, 0.1) is 0 Å². The monoisotopic (exact) mass is 242 g/mol. The predicted molar refractivity (Wildman–Crippen MR) is 52.5 cm³/mol. The summed E-state index contributed by atoms with van der Waals surface area (Å²) in [5, 5.41) is 18.0. The maximum atomic E-state index is 10.5. The van der Waals surface area contributed by atoms with Crippen LogP contribution in [0.3, 0.4) is 0 Å². The first-order valence-corrected chi connectivity index (χ1v) is 4.22. The smallest absolute Gasteiger partial charge is 0.335 e. The van der Waals surface area contributed by atoms with E-state index in [-0.39, 0.29) is 16.9 Å². The number of benzene rings is 1. The number of halogens is 1. The van der Waals surface area contributed by atoms with Gasteiger partial charge in [0.05, 0.1) is 5.57 Å².